The molecule has 0 aliphatic heterocycles. The number of para-hydroxylation sites is 1. The number of anilines is 2. The Morgan fingerprint density at radius 3 is 2.27 bits per heavy atom. The Hall–Kier alpha value is -3.27. The third kappa shape index (κ3) is 3.54. The molecular formula is C22H21NO3. The van der Waals surface area contributed by atoms with Crippen LogP contribution in [-0.2, 0) is 4.74 Å². The van der Waals surface area contributed by atoms with Crippen LogP contribution in [0.4, 0.5) is 11.4 Å². The lowest BCUT2D eigenvalue weighted by Crippen LogP contribution is -2.10. The number of esters is 1. The Bertz CT molecular complexity index is 906. The van der Waals surface area contributed by atoms with E-state index in [0.29, 0.717) is 22.4 Å². The molecule has 26 heavy (non-hydrogen) atoms. The second-order valence-electron chi connectivity index (χ2n) is 5.90. The van der Waals surface area contributed by atoms with Crippen LogP contribution >= 0.6 is 0 Å². The molecule has 0 bridgehead atoms. The van der Waals surface area contributed by atoms with E-state index in [1.54, 1.807) is 13.0 Å². The minimum absolute atomic E-state index is 0.0817. The second-order valence-corrected chi connectivity index (χ2v) is 5.90. The van der Waals surface area contributed by atoms with Crippen molar-refractivity contribution in [2.24, 2.45) is 0 Å². The quantitative estimate of drug-likeness (QED) is 0.486. The van der Waals surface area contributed by atoms with Crippen LogP contribution < -0.4 is 5.32 Å². The van der Waals surface area contributed by atoms with Crippen molar-refractivity contribution in [2.45, 2.75) is 13.8 Å². The molecule has 0 atom stereocenters. The van der Waals surface area contributed by atoms with Gasteiger partial charge in [-0.2, -0.15) is 0 Å². The van der Waals surface area contributed by atoms with Gasteiger partial charge in [0.2, 0.25) is 0 Å². The zero-order valence-corrected chi connectivity index (χ0v) is 14.8. The van der Waals surface area contributed by atoms with E-state index >= 15 is 0 Å². The third-order valence-corrected chi connectivity index (χ3v) is 4.16. The summed E-state index contributed by atoms with van der Waals surface area (Å²) < 4.78 is 5.27. The van der Waals surface area contributed by atoms with Gasteiger partial charge in [0.25, 0.3) is 0 Å². The molecule has 0 heterocycles. The summed E-state index contributed by atoms with van der Waals surface area (Å²) in [6, 6.07) is 20.6. The van der Waals surface area contributed by atoms with Gasteiger partial charge in [-0.25, -0.2) is 4.79 Å². The van der Waals surface area contributed by atoms with E-state index in [0.717, 1.165) is 11.3 Å². The standard InChI is InChI=1S/C22H21NO3/c1-3-26-22(25)20-15(2)21(23-17-12-8-5-9-13-17)19(24)14-18(20)16-10-6-4-7-11-16/h4-14,23-24H,3H2,1-2H3. The first-order valence-electron chi connectivity index (χ1n) is 8.53. The largest absolute Gasteiger partial charge is 0.506 e. The summed E-state index contributed by atoms with van der Waals surface area (Å²) >= 11 is 0. The zero-order chi connectivity index (χ0) is 18.5. The molecule has 0 amide bonds. The lowest BCUT2D eigenvalue weighted by molar-refractivity contribution is 0.0526. The number of ether oxygens (including phenoxy) is 1. The summed E-state index contributed by atoms with van der Waals surface area (Å²) in [5.74, 6) is -0.321. The molecule has 0 fully saturated rings. The number of phenolic OH excluding ortho intramolecular Hbond substituents is 1. The number of aromatic hydroxyl groups is 1. The molecule has 0 aromatic heterocycles. The van der Waals surface area contributed by atoms with Gasteiger partial charge in [-0.3, -0.25) is 0 Å². The van der Waals surface area contributed by atoms with Crippen LogP contribution in [0.1, 0.15) is 22.8 Å². The number of hydrogen-bond donors (Lipinski definition) is 2. The van der Waals surface area contributed by atoms with Crippen molar-refractivity contribution in [1.29, 1.82) is 0 Å². The van der Waals surface area contributed by atoms with E-state index in [1.807, 2.05) is 67.6 Å². The van der Waals surface area contributed by atoms with Crippen LogP contribution in [0.5, 0.6) is 5.75 Å². The van der Waals surface area contributed by atoms with Crippen LogP contribution in [0.25, 0.3) is 11.1 Å². The highest BCUT2D eigenvalue weighted by Gasteiger charge is 2.22. The number of benzene rings is 3. The van der Waals surface area contributed by atoms with Crippen LogP contribution in [0, 0.1) is 6.92 Å². The molecule has 3 rings (SSSR count). The van der Waals surface area contributed by atoms with Crippen LogP contribution in [0.3, 0.4) is 0 Å². The van der Waals surface area contributed by atoms with Gasteiger partial charge in [-0.05, 0) is 43.2 Å². The highest BCUT2D eigenvalue weighted by Crippen LogP contribution is 2.39. The number of carbonyl (C=O) groups excluding carboxylic acids is 1. The fourth-order valence-corrected chi connectivity index (χ4v) is 2.94. The lowest BCUT2D eigenvalue weighted by Gasteiger charge is -2.18. The first kappa shape index (κ1) is 17.5. The fraction of sp³-hybridized carbons (Fsp3) is 0.136. The molecule has 132 valence electrons. The molecule has 0 aliphatic carbocycles. The Balaban J connectivity index is 2.16. The van der Waals surface area contributed by atoms with Gasteiger partial charge in [0.15, 0.2) is 0 Å². The molecule has 0 radical (unpaired) electrons. The average molecular weight is 347 g/mol. The van der Waals surface area contributed by atoms with E-state index in [2.05, 4.69) is 5.32 Å². The summed E-state index contributed by atoms with van der Waals surface area (Å²) in [6.45, 7) is 3.87. The van der Waals surface area contributed by atoms with Gasteiger partial charge in [0.1, 0.15) is 5.75 Å². The SMILES string of the molecule is CCOC(=O)c1c(-c2ccccc2)cc(O)c(Nc2ccccc2)c1C. The van der Waals surface area contributed by atoms with Crippen molar-refractivity contribution < 1.29 is 14.6 Å². The van der Waals surface area contributed by atoms with Crippen molar-refractivity contribution in [2.75, 3.05) is 11.9 Å². The molecule has 0 saturated carbocycles. The highest BCUT2D eigenvalue weighted by atomic mass is 16.5. The Labute approximate surface area is 153 Å². The molecule has 0 spiro atoms. The maximum atomic E-state index is 12.6. The normalized spacial score (nSPS) is 10.4. The lowest BCUT2D eigenvalue weighted by atomic mass is 9.94. The first-order chi connectivity index (χ1) is 12.6. The van der Waals surface area contributed by atoms with Gasteiger partial charge in [0.05, 0.1) is 17.9 Å². The Morgan fingerprint density at radius 1 is 1.04 bits per heavy atom. The van der Waals surface area contributed by atoms with Crippen LogP contribution in [-0.4, -0.2) is 17.7 Å². The van der Waals surface area contributed by atoms with E-state index < -0.39 is 5.97 Å². The van der Waals surface area contributed by atoms with Crippen LogP contribution in [0.2, 0.25) is 0 Å². The summed E-state index contributed by atoms with van der Waals surface area (Å²) in [5, 5.41) is 13.8. The van der Waals surface area contributed by atoms with Gasteiger partial charge < -0.3 is 15.2 Å². The van der Waals surface area contributed by atoms with Crippen molar-refractivity contribution in [3.63, 3.8) is 0 Å². The second kappa shape index (κ2) is 7.74. The highest BCUT2D eigenvalue weighted by molar-refractivity contribution is 6.01. The van der Waals surface area contributed by atoms with Gasteiger partial charge in [0, 0.05) is 11.3 Å². The average Bonchev–Trinajstić information content (AvgIpc) is 2.66. The van der Waals surface area contributed by atoms with E-state index in [9.17, 15) is 9.90 Å². The molecule has 0 unspecified atom stereocenters. The number of nitrogens with one attached hydrogen (secondary N) is 1. The van der Waals surface area contributed by atoms with Crippen molar-refractivity contribution >= 4 is 17.3 Å². The number of rotatable bonds is 5. The minimum Gasteiger partial charge on any atom is -0.506 e. The van der Waals surface area contributed by atoms with Crippen molar-refractivity contribution in [3.8, 4) is 16.9 Å². The topological polar surface area (TPSA) is 58.6 Å². The molecular weight excluding hydrogens is 326 g/mol. The first-order valence-corrected chi connectivity index (χ1v) is 8.53. The maximum absolute atomic E-state index is 12.6. The predicted molar refractivity (Wildman–Crippen MR) is 104 cm³/mol. The monoisotopic (exact) mass is 347 g/mol. The van der Waals surface area contributed by atoms with E-state index in [-0.39, 0.29) is 12.4 Å². The number of carbonyl (C=O) groups is 1. The Kier molecular flexibility index (Phi) is 5.23. The summed E-state index contributed by atoms with van der Waals surface area (Å²) in [7, 11) is 0. The fourth-order valence-electron chi connectivity index (χ4n) is 2.94. The molecule has 3 aromatic carbocycles. The minimum atomic E-state index is -0.403. The van der Waals surface area contributed by atoms with E-state index in [4.69, 9.17) is 4.74 Å². The predicted octanol–water partition coefficient (Wildman–Crippen LogP) is 5.29. The molecule has 2 N–H and O–H groups in total. The van der Waals surface area contributed by atoms with Crippen LogP contribution in [0.15, 0.2) is 66.7 Å². The molecule has 4 heteroatoms. The Morgan fingerprint density at radius 2 is 1.65 bits per heavy atom. The van der Waals surface area contributed by atoms with Gasteiger partial charge in [-0.15, -0.1) is 0 Å². The third-order valence-electron chi connectivity index (χ3n) is 4.16. The van der Waals surface area contributed by atoms with Crippen molar-refractivity contribution in [3.05, 3.63) is 77.9 Å². The van der Waals surface area contributed by atoms with E-state index in [1.165, 1.54) is 0 Å². The molecule has 0 saturated heterocycles. The maximum Gasteiger partial charge on any atom is 0.339 e. The number of hydrogen-bond acceptors (Lipinski definition) is 4. The summed E-state index contributed by atoms with van der Waals surface area (Å²) in [5.41, 5.74) is 3.92. The molecule has 0 aliphatic rings. The van der Waals surface area contributed by atoms with Crippen molar-refractivity contribution in [1.82, 2.24) is 0 Å². The molecule has 4 nitrogen and oxygen atoms in total. The van der Waals surface area contributed by atoms with Gasteiger partial charge in [-0.1, -0.05) is 48.5 Å². The van der Waals surface area contributed by atoms with Gasteiger partial charge >= 0.3 is 5.97 Å². The summed E-state index contributed by atoms with van der Waals surface area (Å²) in [6.07, 6.45) is 0. The number of phenols is 1. The zero-order valence-electron chi connectivity index (χ0n) is 14.8. The smallest absolute Gasteiger partial charge is 0.339 e. The summed E-state index contributed by atoms with van der Waals surface area (Å²) in [4.78, 5) is 12.6. The molecule has 3 aromatic rings.